The second-order valence-electron chi connectivity index (χ2n) is 5.49. The average Bonchev–Trinajstić information content (AvgIpc) is 2.47. The number of hydrogen-bond donors (Lipinski definition) is 1. The molecule has 0 saturated heterocycles. The van der Waals surface area contributed by atoms with Gasteiger partial charge in [0.25, 0.3) is 0 Å². The van der Waals surface area contributed by atoms with Crippen LogP contribution >= 0.6 is 11.8 Å². The number of aryl methyl sites for hydroxylation is 1. The van der Waals surface area contributed by atoms with Gasteiger partial charge in [0.2, 0.25) is 0 Å². The maximum Gasteiger partial charge on any atom is 0.103 e. The van der Waals surface area contributed by atoms with Crippen molar-refractivity contribution in [3.05, 3.63) is 29.8 Å². The third-order valence-corrected chi connectivity index (χ3v) is 4.47. The first-order valence-electron chi connectivity index (χ1n) is 7.45. The molecule has 110 valence electrons. The predicted molar refractivity (Wildman–Crippen MR) is 88.1 cm³/mol. The van der Waals surface area contributed by atoms with Gasteiger partial charge < -0.3 is 0 Å². The third kappa shape index (κ3) is 6.45. The van der Waals surface area contributed by atoms with Crippen LogP contribution in [0.5, 0.6) is 0 Å². The van der Waals surface area contributed by atoms with Gasteiger partial charge in [0.15, 0.2) is 0 Å². The van der Waals surface area contributed by atoms with Gasteiger partial charge >= 0.3 is 0 Å². The number of nitrogens with one attached hydrogen (secondary N) is 1. The Morgan fingerprint density at radius 1 is 1.25 bits per heavy atom. The van der Waals surface area contributed by atoms with E-state index in [0.717, 1.165) is 38.0 Å². The van der Waals surface area contributed by atoms with Gasteiger partial charge in [-0.3, -0.25) is 5.32 Å². The third-order valence-electron chi connectivity index (χ3n) is 3.37. The minimum Gasteiger partial charge on any atom is -0.300 e. The van der Waals surface area contributed by atoms with E-state index in [9.17, 15) is 5.26 Å². The molecule has 0 fully saturated rings. The van der Waals surface area contributed by atoms with Crippen molar-refractivity contribution in [2.24, 2.45) is 0 Å². The summed E-state index contributed by atoms with van der Waals surface area (Å²) < 4.78 is 0. The summed E-state index contributed by atoms with van der Waals surface area (Å²) in [5, 5.41) is 12.6. The number of nitrogens with zero attached hydrogens (tertiary/aromatic N) is 1. The van der Waals surface area contributed by atoms with E-state index >= 15 is 0 Å². The van der Waals surface area contributed by atoms with Gasteiger partial charge in [0.05, 0.1) is 6.07 Å². The molecular weight excluding hydrogens is 264 g/mol. The van der Waals surface area contributed by atoms with Gasteiger partial charge in [-0.1, -0.05) is 24.6 Å². The fourth-order valence-electron chi connectivity index (χ4n) is 1.99. The Morgan fingerprint density at radius 3 is 2.55 bits per heavy atom. The molecule has 0 bridgehead atoms. The predicted octanol–water partition coefficient (Wildman–Crippen LogP) is 4.54. The normalized spacial score (nSPS) is 13.7. The van der Waals surface area contributed by atoms with Gasteiger partial charge in [0.1, 0.15) is 5.54 Å². The summed E-state index contributed by atoms with van der Waals surface area (Å²) in [7, 11) is 0. The molecule has 0 aliphatic heterocycles. The lowest BCUT2D eigenvalue weighted by Gasteiger charge is -2.22. The topological polar surface area (TPSA) is 35.8 Å². The van der Waals surface area contributed by atoms with E-state index in [4.69, 9.17) is 0 Å². The van der Waals surface area contributed by atoms with Crippen LogP contribution in [0.1, 0.15) is 45.1 Å². The summed E-state index contributed by atoms with van der Waals surface area (Å²) in [5.74, 6) is 1.12. The SMILES string of the molecule is CCCNC(C)(C#N)CCCCSc1ccc(C)cc1. The molecule has 2 nitrogen and oxygen atoms in total. The minimum atomic E-state index is -0.357. The maximum atomic E-state index is 9.25. The maximum absolute atomic E-state index is 9.25. The fraction of sp³-hybridized carbons (Fsp3) is 0.588. The van der Waals surface area contributed by atoms with Crippen LogP contribution in [0, 0.1) is 18.3 Å². The smallest absolute Gasteiger partial charge is 0.103 e. The van der Waals surface area contributed by atoms with Gasteiger partial charge in [-0.25, -0.2) is 0 Å². The molecule has 0 aromatic heterocycles. The summed E-state index contributed by atoms with van der Waals surface area (Å²) in [6.45, 7) is 7.17. The Morgan fingerprint density at radius 2 is 1.95 bits per heavy atom. The Balaban J connectivity index is 2.21. The van der Waals surface area contributed by atoms with Crippen LogP contribution in [-0.2, 0) is 0 Å². The lowest BCUT2D eigenvalue weighted by Crippen LogP contribution is -2.41. The molecule has 1 aromatic rings. The van der Waals surface area contributed by atoms with Gasteiger partial charge in [-0.15, -0.1) is 11.8 Å². The van der Waals surface area contributed by atoms with Crippen molar-refractivity contribution < 1.29 is 0 Å². The molecule has 0 saturated carbocycles. The van der Waals surface area contributed by atoms with Crippen molar-refractivity contribution in [2.45, 2.75) is 56.9 Å². The second-order valence-corrected chi connectivity index (χ2v) is 6.66. The van der Waals surface area contributed by atoms with Crippen molar-refractivity contribution >= 4 is 11.8 Å². The molecule has 0 spiro atoms. The molecule has 20 heavy (non-hydrogen) atoms. The van der Waals surface area contributed by atoms with Crippen LogP contribution in [0.15, 0.2) is 29.2 Å². The zero-order valence-electron chi connectivity index (χ0n) is 12.9. The zero-order valence-corrected chi connectivity index (χ0v) is 13.7. The molecule has 0 amide bonds. The van der Waals surface area contributed by atoms with E-state index in [0.29, 0.717) is 0 Å². The first kappa shape index (κ1) is 17.1. The van der Waals surface area contributed by atoms with E-state index in [2.05, 4.69) is 49.5 Å². The molecule has 1 unspecified atom stereocenters. The fourth-order valence-corrected chi connectivity index (χ4v) is 2.90. The summed E-state index contributed by atoms with van der Waals surface area (Å²) >= 11 is 1.90. The number of rotatable bonds is 9. The standard InChI is InChI=1S/C17H26N2S/c1-4-12-19-17(3,14-18)11-5-6-13-20-16-9-7-15(2)8-10-16/h7-10,19H,4-6,11-13H2,1-3H3. The highest BCUT2D eigenvalue weighted by Gasteiger charge is 2.21. The molecule has 1 rings (SSSR count). The molecule has 0 heterocycles. The summed E-state index contributed by atoms with van der Waals surface area (Å²) in [4.78, 5) is 1.34. The highest BCUT2D eigenvalue weighted by Crippen LogP contribution is 2.21. The lowest BCUT2D eigenvalue weighted by molar-refractivity contribution is 0.406. The zero-order chi connectivity index (χ0) is 14.8. The Kier molecular flexibility index (Phi) is 7.72. The molecule has 3 heteroatoms. The van der Waals surface area contributed by atoms with E-state index in [1.54, 1.807) is 0 Å². The molecule has 1 atom stereocenters. The first-order chi connectivity index (χ1) is 9.59. The summed E-state index contributed by atoms with van der Waals surface area (Å²) in [6.07, 6.45) is 4.25. The average molecular weight is 290 g/mol. The molecule has 1 N–H and O–H groups in total. The van der Waals surface area contributed by atoms with Crippen LogP contribution < -0.4 is 5.32 Å². The van der Waals surface area contributed by atoms with Gasteiger partial charge in [0, 0.05) is 4.90 Å². The first-order valence-corrected chi connectivity index (χ1v) is 8.44. The Hall–Kier alpha value is -0.980. The monoisotopic (exact) mass is 290 g/mol. The summed E-state index contributed by atoms with van der Waals surface area (Å²) in [6, 6.07) is 11.1. The second kappa shape index (κ2) is 9.05. The highest BCUT2D eigenvalue weighted by molar-refractivity contribution is 7.99. The van der Waals surface area contributed by atoms with Crippen LogP contribution in [0.4, 0.5) is 0 Å². The van der Waals surface area contributed by atoms with E-state index in [-0.39, 0.29) is 5.54 Å². The highest BCUT2D eigenvalue weighted by atomic mass is 32.2. The van der Waals surface area contributed by atoms with Crippen LogP contribution in [0.2, 0.25) is 0 Å². The minimum absolute atomic E-state index is 0.357. The quantitative estimate of drug-likeness (QED) is 0.536. The Labute approximate surface area is 128 Å². The van der Waals surface area contributed by atoms with Crippen molar-refractivity contribution in [3.8, 4) is 6.07 Å². The van der Waals surface area contributed by atoms with Gasteiger partial charge in [-0.2, -0.15) is 5.26 Å². The van der Waals surface area contributed by atoms with Crippen LogP contribution in [0.25, 0.3) is 0 Å². The molecule has 1 aromatic carbocycles. The summed E-state index contributed by atoms with van der Waals surface area (Å²) in [5.41, 5.74) is 0.950. The number of nitriles is 1. The number of hydrogen-bond acceptors (Lipinski definition) is 3. The lowest BCUT2D eigenvalue weighted by atomic mass is 9.96. The van der Waals surface area contributed by atoms with Crippen molar-refractivity contribution in [3.63, 3.8) is 0 Å². The van der Waals surface area contributed by atoms with Gasteiger partial charge in [-0.05, 0) is 64.0 Å². The van der Waals surface area contributed by atoms with E-state index in [1.807, 2.05) is 18.7 Å². The van der Waals surface area contributed by atoms with Crippen LogP contribution in [0.3, 0.4) is 0 Å². The van der Waals surface area contributed by atoms with Crippen molar-refractivity contribution in [1.82, 2.24) is 5.32 Å². The number of thioether (sulfide) groups is 1. The van der Waals surface area contributed by atoms with Crippen molar-refractivity contribution in [1.29, 1.82) is 5.26 Å². The largest absolute Gasteiger partial charge is 0.300 e. The van der Waals surface area contributed by atoms with Crippen LogP contribution in [-0.4, -0.2) is 17.8 Å². The number of benzene rings is 1. The Bertz CT molecular complexity index is 422. The van der Waals surface area contributed by atoms with E-state index in [1.165, 1.54) is 10.5 Å². The molecule has 0 aliphatic rings. The molecule has 0 aliphatic carbocycles. The number of unbranched alkanes of at least 4 members (excludes halogenated alkanes) is 1. The molecular formula is C17H26N2S. The van der Waals surface area contributed by atoms with Crippen molar-refractivity contribution in [2.75, 3.05) is 12.3 Å². The van der Waals surface area contributed by atoms with E-state index < -0.39 is 0 Å². The molecule has 0 radical (unpaired) electrons.